The van der Waals surface area contributed by atoms with E-state index in [-0.39, 0.29) is 0 Å². The van der Waals surface area contributed by atoms with E-state index in [4.69, 9.17) is 0 Å². The van der Waals surface area contributed by atoms with Gasteiger partial charge in [0.1, 0.15) is 0 Å². The Morgan fingerprint density at radius 1 is 1.38 bits per heavy atom. The van der Waals surface area contributed by atoms with Crippen LogP contribution in [0.1, 0.15) is 12.8 Å². The average Bonchev–Trinajstić information content (AvgIpc) is 2.19. The molecule has 2 nitrogen and oxygen atoms in total. The first-order chi connectivity index (χ1) is 3.93. The third kappa shape index (κ3) is 1.49. The van der Waals surface area contributed by atoms with Crippen molar-refractivity contribution in [2.45, 2.75) is 12.8 Å². The molecule has 1 heterocycles. The van der Waals surface area contributed by atoms with Crippen molar-refractivity contribution in [3.63, 3.8) is 0 Å². The van der Waals surface area contributed by atoms with Crippen molar-refractivity contribution in [3.8, 4) is 0 Å². The second kappa shape index (κ2) is 3.10. The van der Waals surface area contributed by atoms with Gasteiger partial charge < -0.3 is 0 Å². The monoisotopic (exact) mass is 132 g/mol. The third-order valence-electron chi connectivity index (χ3n) is 1.43. The minimum atomic E-state index is 0.675. The van der Waals surface area contributed by atoms with Gasteiger partial charge in [-0.1, -0.05) is 0 Å². The fourth-order valence-corrected chi connectivity index (χ4v) is 1.39. The number of hydrogen-bond donors (Lipinski definition) is 0. The SMILES string of the molecule is O=[S+]CN1CCCC1. The lowest BCUT2D eigenvalue weighted by atomic mass is 10.4. The van der Waals surface area contributed by atoms with E-state index in [2.05, 4.69) is 4.90 Å². The molecule has 3 heteroatoms. The predicted molar refractivity (Wildman–Crippen MR) is 33.7 cm³/mol. The largest absolute Gasteiger partial charge is 0.476 e. The molecule has 1 aliphatic rings. The molecule has 1 saturated heterocycles. The van der Waals surface area contributed by atoms with Gasteiger partial charge in [-0.2, -0.15) is 0 Å². The van der Waals surface area contributed by atoms with Crippen LogP contribution < -0.4 is 0 Å². The molecule has 0 bridgehead atoms. The van der Waals surface area contributed by atoms with E-state index in [9.17, 15) is 4.21 Å². The van der Waals surface area contributed by atoms with Crippen LogP contribution >= 0.6 is 0 Å². The Hall–Kier alpha value is -0.0200. The average molecular weight is 132 g/mol. The Morgan fingerprint density at radius 2 is 2.00 bits per heavy atom. The van der Waals surface area contributed by atoms with Crippen molar-refractivity contribution >= 4 is 11.7 Å². The van der Waals surface area contributed by atoms with Crippen molar-refractivity contribution in [3.05, 3.63) is 0 Å². The summed E-state index contributed by atoms with van der Waals surface area (Å²) in [5.74, 6) is 0.681. The maximum atomic E-state index is 9.96. The lowest BCUT2D eigenvalue weighted by Gasteiger charge is -2.00. The van der Waals surface area contributed by atoms with Crippen molar-refractivity contribution in [1.82, 2.24) is 4.90 Å². The molecule has 46 valence electrons. The van der Waals surface area contributed by atoms with Crippen molar-refractivity contribution in [1.29, 1.82) is 0 Å². The van der Waals surface area contributed by atoms with Crippen LogP contribution in [0.4, 0.5) is 0 Å². The highest BCUT2D eigenvalue weighted by Crippen LogP contribution is 2.04. The van der Waals surface area contributed by atoms with Gasteiger partial charge in [0.15, 0.2) is 0 Å². The highest BCUT2D eigenvalue weighted by atomic mass is 32.1. The summed E-state index contributed by atoms with van der Waals surface area (Å²) >= 11 is 0.675. The Labute approximate surface area is 53.4 Å². The van der Waals surface area contributed by atoms with Crippen molar-refractivity contribution in [2.75, 3.05) is 19.0 Å². The van der Waals surface area contributed by atoms with Crippen LogP contribution in [-0.4, -0.2) is 23.9 Å². The molecule has 0 radical (unpaired) electrons. The summed E-state index contributed by atoms with van der Waals surface area (Å²) in [5, 5.41) is 0. The van der Waals surface area contributed by atoms with Crippen LogP contribution in [0.3, 0.4) is 0 Å². The summed E-state index contributed by atoms with van der Waals surface area (Å²) in [5.41, 5.74) is 0. The lowest BCUT2D eigenvalue weighted by molar-refractivity contribution is 0.396. The topological polar surface area (TPSA) is 20.3 Å². The quantitative estimate of drug-likeness (QED) is 0.509. The summed E-state index contributed by atoms with van der Waals surface area (Å²) in [4.78, 5) is 2.19. The molecule has 0 amide bonds. The first-order valence-corrected chi connectivity index (χ1v) is 3.81. The fraction of sp³-hybridized carbons (Fsp3) is 1.00. The highest BCUT2D eigenvalue weighted by Gasteiger charge is 2.15. The maximum Gasteiger partial charge on any atom is 0.476 e. The summed E-state index contributed by atoms with van der Waals surface area (Å²) in [6.07, 6.45) is 2.56. The molecular formula is C5H10NOS+. The lowest BCUT2D eigenvalue weighted by Crippen LogP contribution is -2.19. The molecule has 0 saturated carbocycles. The van der Waals surface area contributed by atoms with Gasteiger partial charge in [0.2, 0.25) is 0 Å². The third-order valence-corrected chi connectivity index (χ3v) is 1.90. The van der Waals surface area contributed by atoms with Gasteiger partial charge in [-0.05, 0) is 12.8 Å². The summed E-state index contributed by atoms with van der Waals surface area (Å²) in [6.45, 7) is 2.27. The molecule has 0 aliphatic carbocycles. The van der Waals surface area contributed by atoms with Crippen LogP contribution in [0.25, 0.3) is 0 Å². The smallest absolute Gasteiger partial charge is 0.249 e. The van der Waals surface area contributed by atoms with Crippen LogP contribution in [0, 0.1) is 0 Å². The Bertz CT molecular complexity index is 80.5. The molecule has 8 heavy (non-hydrogen) atoms. The molecule has 0 unspecified atom stereocenters. The Kier molecular flexibility index (Phi) is 2.36. The van der Waals surface area contributed by atoms with E-state index in [0.717, 1.165) is 13.1 Å². The van der Waals surface area contributed by atoms with Crippen LogP contribution in [0.15, 0.2) is 0 Å². The summed E-state index contributed by atoms with van der Waals surface area (Å²) < 4.78 is 9.96. The number of rotatable bonds is 2. The predicted octanol–water partition coefficient (Wildman–Crippen LogP) is 0.468. The second-order valence-corrected chi connectivity index (χ2v) is 2.57. The minimum absolute atomic E-state index is 0.675. The molecule has 1 aliphatic heterocycles. The molecule has 1 rings (SSSR count). The molecule has 0 aromatic heterocycles. The molecule has 0 spiro atoms. The zero-order valence-corrected chi connectivity index (χ0v) is 5.62. The van der Waals surface area contributed by atoms with Crippen molar-refractivity contribution < 1.29 is 4.21 Å². The van der Waals surface area contributed by atoms with Crippen LogP contribution in [0.5, 0.6) is 0 Å². The molecule has 1 fully saturated rings. The van der Waals surface area contributed by atoms with Gasteiger partial charge in [-0.3, -0.25) is 0 Å². The maximum absolute atomic E-state index is 9.96. The van der Waals surface area contributed by atoms with Crippen LogP contribution in [-0.2, 0) is 15.9 Å². The zero-order chi connectivity index (χ0) is 5.82. The van der Waals surface area contributed by atoms with E-state index in [0.29, 0.717) is 17.5 Å². The standard InChI is InChI=1S/C5H10NOS/c7-8-5-6-3-1-2-4-6/h1-5H2/q+1. The molecular weight excluding hydrogens is 122 g/mol. The minimum Gasteiger partial charge on any atom is -0.249 e. The van der Waals surface area contributed by atoms with E-state index >= 15 is 0 Å². The molecule has 0 aromatic rings. The number of likely N-dealkylation sites (tertiary alicyclic amines) is 1. The second-order valence-electron chi connectivity index (χ2n) is 2.07. The molecule has 0 aromatic carbocycles. The van der Waals surface area contributed by atoms with Crippen molar-refractivity contribution in [2.24, 2.45) is 0 Å². The number of nitrogens with zero attached hydrogens (tertiary/aromatic N) is 1. The normalized spacial score (nSPS) is 21.5. The Balaban J connectivity index is 2.14. The van der Waals surface area contributed by atoms with Gasteiger partial charge in [0.25, 0.3) is 5.88 Å². The summed E-state index contributed by atoms with van der Waals surface area (Å²) in [7, 11) is 0. The first kappa shape index (κ1) is 6.11. The molecule has 0 N–H and O–H groups in total. The van der Waals surface area contributed by atoms with Gasteiger partial charge in [-0.15, -0.1) is 0 Å². The van der Waals surface area contributed by atoms with Gasteiger partial charge >= 0.3 is 11.7 Å². The first-order valence-electron chi connectivity index (χ1n) is 2.90. The van der Waals surface area contributed by atoms with Crippen LogP contribution in [0.2, 0.25) is 0 Å². The van der Waals surface area contributed by atoms with Gasteiger partial charge in [-0.25, -0.2) is 4.90 Å². The van der Waals surface area contributed by atoms with E-state index in [1.54, 1.807) is 0 Å². The summed E-state index contributed by atoms with van der Waals surface area (Å²) in [6, 6.07) is 0. The number of hydrogen-bond acceptors (Lipinski definition) is 2. The fourth-order valence-electron chi connectivity index (χ4n) is 0.986. The highest BCUT2D eigenvalue weighted by molar-refractivity contribution is 7.65. The van der Waals surface area contributed by atoms with E-state index in [1.807, 2.05) is 0 Å². The van der Waals surface area contributed by atoms with Gasteiger partial charge in [0.05, 0.1) is 0 Å². The van der Waals surface area contributed by atoms with E-state index < -0.39 is 0 Å². The van der Waals surface area contributed by atoms with Gasteiger partial charge in [0, 0.05) is 17.3 Å². The Morgan fingerprint density at radius 3 is 2.50 bits per heavy atom. The molecule has 0 atom stereocenters. The van der Waals surface area contributed by atoms with E-state index in [1.165, 1.54) is 12.8 Å². The zero-order valence-electron chi connectivity index (χ0n) is 4.80.